The molecule has 1 heterocycles. The molecule has 0 fully saturated rings. The third-order valence-corrected chi connectivity index (χ3v) is 3.64. The van der Waals surface area contributed by atoms with Crippen LogP contribution in [0.25, 0.3) is 0 Å². The SMILES string of the molecule is CC[C@@H](C)n1c(C)cc(CNCCCOC)c1C. The zero-order valence-electron chi connectivity index (χ0n) is 12.5. The van der Waals surface area contributed by atoms with Crippen molar-refractivity contribution in [3.8, 4) is 0 Å². The third kappa shape index (κ3) is 3.85. The van der Waals surface area contributed by atoms with Crippen LogP contribution in [0, 0.1) is 13.8 Å². The molecule has 0 aliphatic carbocycles. The zero-order chi connectivity index (χ0) is 13.5. The average Bonchev–Trinajstić information content (AvgIpc) is 2.63. The first-order chi connectivity index (χ1) is 8.61. The molecule has 18 heavy (non-hydrogen) atoms. The van der Waals surface area contributed by atoms with Gasteiger partial charge in [0.25, 0.3) is 0 Å². The summed E-state index contributed by atoms with van der Waals surface area (Å²) >= 11 is 0. The number of hydrogen-bond acceptors (Lipinski definition) is 2. The number of aromatic nitrogens is 1. The Hall–Kier alpha value is -0.800. The van der Waals surface area contributed by atoms with Crippen molar-refractivity contribution < 1.29 is 4.74 Å². The van der Waals surface area contributed by atoms with Gasteiger partial charge in [-0.25, -0.2) is 0 Å². The number of aryl methyl sites for hydroxylation is 1. The van der Waals surface area contributed by atoms with Crippen molar-refractivity contribution in [2.75, 3.05) is 20.3 Å². The van der Waals surface area contributed by atoms with Gasteiger partial charge in [0.15, 0.2) is 0 Å². The summed E-state index contributed by atoms with van der Waals surface area (Å²) in [5.74, 6) is 0. The van der Waals surface area contributed by atoms with Crippen LogP contribution in [0.4, 0.5) is 0 Å². The van der Waals surface area contributed by atoms with Crippen LogP contribution in [0.2, 0.25) is 0 Å². The number of hydrogen-bond donors (Lipinski definition) is 1. The van der Waals surface area contributed by atoms with E-state index in [0.29, 0.717) is 6.04 Å². The first-order valence-corrected chi connectivity index (χ1v) is 6.98. The van der Waals surface area contributed by atoms with Crippen molar-refractivity contribution in [1.82, 2.24) is 9.88 Å². The van der Waals surface area contributed by atoms with Crippen LogP contribution in [0.5, 0.6) is 0 Å². The molecule has 0 aliphatic rings. The minimum atomic E-state index is 0.590. The Balaban J connectivity index is 2.57. The van der Waals surface area contributed by atoms with E-state index < -0.39 is 0 Å². The van der Waals surface area contributed by atoms with Gasteiger partial charge in [-0.1, -0.05) is 6.92 Å². The Morgan fingerprint density at radius 1 is 1.39 bits per heavy atom. The molecule has 1 aromatic heterocycles. The summed E-state index contributed by atoms with van der Waals surface area (Å²) < 4.78 is 7.49. The fraction of sp³-hybridized carbons (Fsp3) is 0.733. The Bertz CT molecular complexity index is 358. The van der Waals surface area contributed by atoms with Crippen molar-refractivity contribution in [2.24, 2.45) is 0 Å². The summed E-state index contributed by atoms with van der Waals surface area (Å²) in [5, 5.41) is 3.48. The Labute approximate surface area is 112 Å². The van der Waals surface area contributed by atoms with E-state index >= 15 is 0 Å². The third-order valence-electron chi connectivity index (χ3n) is 3.64. The first-order valence-electron chi connectivity index (χ1n) is 6.98. The van der Waals surface area contributed by atoms with Crippen molar-refractivity contribution in [1.29, 1.82) is 0 Å². The molecule has 1 atom stereocenters. The lowest BCUT2D eigenvalue weighted by atomic mass is 10.2. The van der Waals surface area contributed by atoms with Gasteiger partial charge >= 0.3 is 0 Å². The molecular formula is C15H28N2O. The van der Waals surface area contributed by atoms with E-state index in [2.05, 4.69) is 43.6 Å². The second-order valence-electron chi connectivity index (χ2n) is 5.05. The minimum Gasteiger partial charge on any atom is -0.385 e. The van der Waals surface area contributed by atoms with Crippen LogP contribution >= 0.6 is 0 Å². The van der Waals surface area contributed by atoms with Gasteiger partial charge in [0.2, 0.25) is 0 Å². The van der Waals surface area contributed by atoms with Gasteiger partial charge in [-0.2, -0.15) is 0 Å². The summed E-state index contributed by atoms with van der Waals surface area (Å²) in [7, 11) is 1.75. The van der Waals surface area contributed by atoms with Crippen LogP contribution in [0.3, 0.4) is 0 Å². The van der Waals surface area contributed by atoms with E-state index in [4.69, 9.17) is 4.74 Å². The molecule has 3 heteroatoms. The maximum atomic E-state index is 5.04. The van der Waals surface area contributed by atoms with E-state index in [9.17, 15) is 0 Å². The fourth-order valence-corrected chi connectivity index (χ4v) is 2.45. The van der Waals surface area contributed by atoms with Gasteiger partial charge in [0, 0.05) is 37.7 Å². The number of nitrogens with zero attached hydrogens (tertiary/aromatic N) is 1. The van der Waals surface area contributed by atoms with E-state index in [1.807, 2.05) is 0 Å². The van der Waals surface area contributed by atoms with Gasteiger partial charge in [0.05, 0.1) is 0 Å². The molecule has 0 aliphatic heterocycles. The lowest BCUT2D eigenvalue weighted by Gasteiger charge is -2.17. The standard InChI is InChI=1S/C15H28N2O/c1-6-12(2)17-13(3)10-15(14(17)4)11-16-8-7-9-18-5/h10,12,16H,6-9,11H2,1-5H3/t12-/m1/s1. The molecule has 1 aromatic rings. The Morgan fingerprint density at radius 2 is 2.11 bits per heavy atom. The lowest BCUT2D eigenvalue weighted by Crippen LogP contribution is -2.17. The van der Waals surface area contributed by atoms with Crippen LogP contribution in [0.15, 0.2) is 6.07 Å². The maximum absolute atomic E-state index is 5.04. The minimum absolute atomic E-state index is 0.590. The molecule has 3 nitrogen and oxygen atoms in total. The van der Waals surface area contributed by atoms with Crippen LogP contribution in [0.1, 0.15) is 49.7 Å². The van der Waals surface area contributed by atoms with Crippen molar-refractivity contribution in [3.05, 3.63) is 23.0 Å². The first kappa shape index (κ1) is 15.3. The van der Waals surface area contributed by atoms with E-state index in [1.54, 1.807) is 7.11 Å². The predicted molar refractivity (Wildman–Crippen MR) is 77.1 cm³/mol. The molecule has 1 rings (SSSR count). The number of rotatable bonds is 8. The van der Waals surface area contributed by atoms with Crippen molar-refractivity contribution >= 4 is 0 Å². The highest BCUT2D eigenvalue weighted by Crippen LogP contribution is 2.22. The van der Waals surface area contributed by atoms with Crippen molar-refractivity contribution in [2.45, 2.75) is 53.1 Å². The van der Waals surface area contributed by atoms with Gasteiger partial charge in [-0.15, -0.1) is 0 Å². The summed E-state index contributed by atoms with van der Waals surface area (Å²) in [6.45, 7) is 11.8. The fourth-order valence-electron chi connectivity index (χ4n) is 2.45. The topological polar surface area (TPSA) is 26.2 Å². The molecule has 0 saturated heterocycles. The maximum Gasteiger partial charge on any atom is 0.0474 e. The normalized spacial score (nSPS) is 12.9. The van der Waals surface area contributed by atoms with Crippen molar-refractivity contribution in [3.63, 3.8) is 0 Å². The largest absolute Gasteiger partial charge is 0.385 e. The van der Waals surface area contributed by atoms with Crippen LogP contribution in [-0.4, -0.2) is 24.8 Å². The van der Waals surface area contributed by atoms with Gasteiger partial charge < -0.3 is 14.6 Å². The highest BCUT2D eigenvalue weighted by atomic mass is 16.5. The average molecular weight is 252 g/mol. The highest BCUT2D eigenvalue weighted by Gasteiger charge is 2.12. The molecule has 1 N–H and O–H groups in total. The van der Waals surface area contributed by atoms with E-state index in [1.165, 1.54) is 23.4 Å². The lowest BCUT2D eigenvalue weighted by molar-refractivity contribution is 0.194. The molecule has 104 valence electrons. The zero-order valence-corrected chi connectivity index (χ0v) is 12.5. The quantitative estimate of drug-likeness (QED) is 0.719. The molecule has 0 unspecified atom stereocenters. The Kier molecular flexibility index (Phi) is 6.44. The summed E-state index contributed by atoms with van der Waals surface area (Å²) in [4.78, 5) is 0. The monoisotopic (exact) mass is 252 g/mol. The second-order valence-corrected chi connectivity index (χ2v) is 5.05. The van der Waals surface area contributed by atoms with Gasteiger partial charge in [-0.05, 0) is 51.8 Å². The molecule has 0 spiro atoms. The second kappa shape index (κ2) is 7.59. The molecule has 0 aromatic carbocycles. The van der Waals surface area contributed by atoms with Gasteiger partial charge in [0.1, 0.15) is 0 Å². The van der Waals surface area contributed by atoms with E-state index in [-0.39, 0.29) is 0 Å². The molecule has 0 bridgehead atoms. The predicted octanol–water partition coefficient (Wildman–Crippen LogP) is 3.20. The molecular weight excluding hydrogens is 224 g/mol. The van der Waals surface area contributed by atoms with Gasteiger partial charge in [-0.3, -0.25) is 0 Å². The molecule has 0 amide bonds. The van der Waals surface area contributed by atoms with Crippen LogP contribution < -0.4 is 5.32 Å². The molecule has 0 radical (unpaired) electrons. The molecule has 0 saturated carbocycles. The number of nitrogens with one attached hydrogen (secondary N) is 1. The van der Waals surface area contributed by atoms with Crippen LogP contribution in [-0.2, 0) is 11.3 Å². The summed E-state index contributed by atoms with van der Waals surface area (Å²) in [5.41, 5.74) is 4.20. The summed E-state index contributed by atoms with van der Waals surface area (Å²) in [6.07, 6.45) is 2.25. The number of ether oxygens (including phenoxy) is 1. The smallest absolute Gasteiger partial charge is 0.0474 e. The Morgan fingerprint density at radius 3 is 2.72 bits per heavy atom. The number of methoxy groups -OCH3 is 1. The highest BCUT2D eigenvalue weighted by molar-refractivity contribution is 5.27. The van der Waals surface area contributed by atoms with E-state index in [0.717, 1.165) is 26.1 Å². The summed E-state index contributed by atoms with van der Waals surface area (Å²) in [6, 6.07) is 2.90.